The Hall–Kier alpha value is -3.43. The lowest BCUT2D eigenvalue weighted by Crippen LogP contribution is -2.11. The van der Waals surface area contributed by atoms with Crippen LogP contribution in [0.2, 0.25) is 0 Å². The highest BCUT2D eigenvalue weighted by Gasteiger charge is 2.17. The number of nitrogens with one attached hydrogen (secondary N) is 2. The first kappa shape index (κ1) is 16.9. The average Bonchev–Trinajstić information content (AvgIpc) is 2.54. The van der Waals surface area contributed by atoms with Crippen molar-refractivity contribution in [1.82, 2.24) is 9.97 Å². The second kappa shape index (κ2) is 7.22. The molecular formula is C14H15N5O5. The van der Waals surface area contributed by atoms with Gasteiger partial charge in [-0.15, -0.1) is 0 Å². The van der Waals surface area contributed by atoms with E-state index < -0.39 is 4.92 Å². The third-order valence-corrected chi connectivity index (χ3v) is 3.06. The summed E-state index contributed by atoms with van der Waals surface area (Å²) in [5.41, 5.74) is 2.49. The number of nitrogens with zero attached hydrogens (tertiary/aromatic N) is 3. The number of anilines is 1. The Morgan fingerprint density at radius 1 is 1.50 bits per heavy atom. The van der Waals surface area contributed by atoms with Crippen LogP contribution in [0.5, 0.6) is 11.5 Å². The molecule has 2 rings (SSSR count). The SMILES string of the molecule is CCc1cc(=O)[nH]c(N/N=C\c2cc(O)c(OC)cc2[N+](=O)[O-])n1. The normalized spacial score (nSPS) is 10.8. The first-order chi connectivity index (χ1) is 11.4. The van der Waals surface area contributed by atoms with Crippen molar-refractivity contribution in [1.29, 1.82) is 0 Å². The number of hydrogen-bond acceptors (Lipinski definition) is 8. The van der Waals surface area contributed by atoms with E-state index >= 15 is 0 Å². The zero-order valence-corrected chi connectivity index (χ0v) is 12.9. The van der Waals surface area contributed by atoms with Crippen LogP contribution in [-0.4, -0.2) is 33.3 Å². The molecule has 0 radical (unpaired) electrons. The van der Waals surface area contributed by atoms with Crippen molar-refractivity contribution in [3.63, 3.8) is 0 Å². The lowest BCUT2D eigenvalue weighted by Gasteiger charge is -2.05. The number of H-pyrrole nitrogens is 1. The van der Waals surface area contributed by atoms with Crippen molar-refractivity contribution < 1.29 is 14.8 Å². The van der Waals surface area contributed by atoms with E-state index in [-0.39, 0.29) is 34.3 Å². The number of methoxy groups -OCH3 is 1. The molecule has 0 fully saturated rings. The summed E-state index contributed by atoms with van der Waals surface area (Å²) in [6, 6.07) is 3.61. The summed E-state index contributed by atoms with van der Waals surface area (Å²) in [4.78, 5) is 28.4. The number of aromatic amines is 1. The summed E-state index contributed by atoms with van der Waals surface area (Å²) in [5.74, 6) is -0.173. The number of nitro benzene ring substituents is 1. The maximum atomic E-state index is 11.4. The van der Waals surface area contributed by atoms with Gasteiger partial charge in [0, 0.05) is 11.8 Å². The molecule has 0 saturated heterocycles. The van der Waals surface area contributed by atoms with Crippen molar-refractivity contribution in [3.8, 4) is 11.5 Å². The number of benzene rings is 1. The van der Waals surface area contributed by atoms with Crippen molar-refractivity contribution >= 4 is 17.9 Å². The van der Waals surface area contributed by atoms with Crippen LogP contribution in [0.4, 0.5) is 11.6 Å². The number of phenols is 1. The monoisotopic (exact) mass is 333 g/mol. The Morgan fingerprint density at radius 2 is 2.25 bits per heavy atom. The van der Waals surface area contributed by atoms with Crippen molar-refractivity contribution in [2.75, 3.05) is 12.5 Å². The highest BCUT2D eigenvalue weighted by Crippen LogP contribution is 2.32. The third kappa shape index (κ3) is 3.85. The van der Waals surface area contributed by atoms with E-state index in [4.69, 9.17) is 4.74 Å². The number of rotatable bonds is 6. The zero-order valence-electron chi connectivity index (χ0n) is 12.9. The molecule has 1 aromatic heterocycles. The molecule has 1 heterocycles. The lowest BCUT2D eigenvalue weighted by atomic mass is 10.1. The van der Waals surface area contributed by atoms with Gasteiger partial charge in [-0.1, -0.05) is 6.92 Å². The minimum absolute atomic E-state index is 0.0200. The molecule has 0 unspecified atom stereocenters. The average molecular weight is 333 g/mol. The quantitative estimate of drug-likeness (QED) is 0.412. The number of ether oxygens (including phenoxy) is 1. The molecule has 10 nitrogen and oxygen atoms in total. The molecule has 24 heavy (non-hydrogen) atoms. The van der Waals surface area contributed by atoms with Gasteiger partial charge < -0.3 is 9.84 Å². The number of hydrogen-bond donors (Lipinski definition) is 3. The van der Waals surface area contributed by atoms with Crippen molar-refractivity contribution in [2.45, 2.75) is 13.3 Å². The van der Waals surface area contributed by atoms with E-state index in [0.717, 1.165) is 18.3 Å². The van der Waals surface area contributed by atoms with Gasteiger partial charge in [-0.25, -0.2) is 10.4 Å². The van der Waals surface area contributed by atoms with Crippen molar-refractivity contribution in [3.05, 3.63) is 49.9 Å². The number of hydrazone groups is 1. The van der Waals surface area contributed by atoms with Crippen LogP contribution in [0.25, 0.3) is 0 Å². The summed E-state index contributed by atoms with van der Waals surface area (Å²) in [7, 11) is 1.29. The molecule has 0 saturated carbocycles. The molecule has 10 heteroatoms. The Morgan fingerprint density at radius 3 is 2.88 bits per heavy atom. The molecule has 1 aromatic carbocycles. The fourth-order valence-corrected chi connectivity index (χ4v) is 1.90. The standard InChI is InChI=1S/C14H15N5O5/c1-3-9-5-13(21)17-14(16-9)18-15-7-8-4-11(20)12(24-2)6-10(8)19(22)23/h4-7,20H,3H2,1-2H3,(H2,16,17,18,21)/b15-7-. The fraction of sp³-hybridized carbons (Fsp3) is 0.214. The summed E-state index contributed by atoms with van der Waals surface area (Å²) < 4.78 is 4.84. The minimum atomic E-state index is -0.624. The molecule has 0 aliphatic heterocycles. The van der Waals surface area contributed by atoms with Gasteiger partial charge in [0.1, 0.15) is 0 Å². The number of phenolic OH excluding ortho intramolecular Hbond substituents is 1. The fourth-order valence-electron chi connectivity index (χ4n) is 1.90. The van der Waals surface area contributed by atoms with Crippen LogP contribution < -0.4 is 15.7 Å². The predicted molar refractivity (Wildman–Crippen MR) is 86.8 cm³/mol. The molecule has 0 bridgehead atoms. The molecule has 0 aliphatic rings. The number of aromatic nitrogens is 2. The smallest absolute Gasteiger partial charge is 0.282 e. The van der Waals surface area contributed by atoms with Gasteiger partial charge in [-0.2, -0.15) is 5.10 Å². The third-order valence-electron chi connectivity index (χ3n) is 3.06. The number of nitro groups is 1. The van der Waals surface area contributed by atoms with Gasteiger partial charge in [0.15, 0.2) is 11.5 Å². The van der Waals surface area contributed by atoms with E-state index in [0.29, 0.717) is 12.1 Å². The largest absolute Gasteiger partial charge is 0.504 e. The number of aryl methyl sites for hydroxylation is 1. The van der Waals surface area contributed by atoms with E-state index in [9.17, 15) is 20.0 Å². The van der Waals surface area contributed by atoms with Gasteiger partial charge in [-0.3, -0.25) is 19.9 Å². The number of aromatic hydroxyl groups is 1. The first-order valence-corrected chi connectivity index (χ1v) is 6.89. The van der Waals surface area contributed by atoms with Crippen molar-refractivity contribution in [2.24, 2.45) is 5.10 Å². The Kier molecular flexibility index (Phi) is 5.09. The maximum absolute atomic E-state index is 11.4. The Bertz CT molecular complexity index is 846. The van der Waals surface area contributed by atoms with Gasteiger partial charge >= 0.3 is 0 Å². The maximum Gasteiger partial charge on any atom is 0.282 e. The van der Waals surface area contributed by atoms with E-state index in [2.05, 4.69) is 20.5 Å². The van der Waals surface area contributed by atoms with Crippen LogP contribution in [-0.2, 0) is 6.42 Å². The van der Waals surface area contributed by atoms with Crippen LogP contribution in [0.15, 0.2) is 28.1 Å². The summed E-state index contributed by atoms with van der Waals surface area (Å²) in [6.07, 6.45) is 1.70. The highest BCUT2D eigenvalue weighted by atomic mass is 16.6. The molecule has 0 aliphatic carbocycles. The summed E-state index contributed by atoms with van der Waals surface area (Å²) in [5, 5.41) is 24.6. The van der Waals surface area contributed by atoms with E-state index in [1.807, 2.05) is 6.92 Å². The predicted octanol–water partition coefficient (Wildman–Crippen LogP) is 1.40. The first-order valence-electron chi connectivity index (χ1n) is 6.89. The van der Waals surface area contributed by atoms with Crippen LogP contribution >= 0.6 is 0 Å². The second-order valence-electron chi connectivity index (χ2n) is 4.65. The summed E-state index contributed by atoms with van der Waals surface area (Å²) in [6.45, 7) is 1.85. The molecule has 0 atom stereocenters. The van der Waals surface area contributed by atoms with Gasteiger partial charge in [0.25, 0.3) is 11.2 Å². The minimum Gasteiger partial charge on any atom is -0.504 e. The van der Waals surface area contributed by atoms with Gasteiger partial charge in [0.2, 0.25) is 5.95 Å². The lowest BCUT2D eigenvalue weighted by molar-refractivity contribution is -0.385. The van der Waals surface area contributed by atoms with Crippen LogP contribution in [0, 0.1) is 10.1 Å². The van der Waals surface area contributed by atoms with Crippen LogP contribution in [0.3, 0.4) is 0 Å². The molecule has 2 aromatic rings. The van der Waals surface area contributed by atoms with E-state index in [1.165, 1.54) is 13.2 Å². The highest BCUT2D eigenvalue weighted by molar-refractivity contribution is 5.87. The second-order valence-corrected chi connectivity index (χ2v) is 4.65. The Labute approximate surface area is 136 Å². The zero-order chi connectivity index (χ0) is 17.7. The van der Waals surface area contributed by atoms with E-state index in [1.54, 1.807) is 0 Å². The molecule has 0 spiro atoms. The van der Waals surface area contributed by atoms with Gasteiger partial charge in [0.05, 0.1) is 29.9 Å². The molecule has 126 valence electrons. The molecule has 0 amide bonds. The topological polar surface area (TPSA) is 143 Å². The molecular weight excluding hydrogens is 318 g/mol. The van der Waals surface area contributed by atoms with Gasteiger partial charge in [-0.05, 0) is 12.5 Å². The summed E-state index contributed by atoms with van der Waals surface area (Å²) >= 11 is 0. The van der Waals surface area contributed by atoms with Crippen LogP contribution in [0.1, 0.15) is 18.2 Å². The Balaban J connectivity index is 2.29. The molecule has 3 N–H and O–H groups in total.